The zero-order valence-electron chi connectivity index (χ0n) is 17.5. The Morgan fingerprint density at radius 2 is 2.09 bits per heavy atom. The van der Waals surface area contributed by atoms with E-state index in [9.17, 15) is 9.59 Å². The summed E-state index contributed by atoms with van der Waals surface area (Å²) in [4.78, 5) is 30.2. The van der Waals surface area contributed by atoms with Crippen LogP contribution in [-0.2, 0) is 4.79 Å². The maximum Gasteiger partial charge on any atom is 0.335 e. The molecule has 1 aliphatic heterocycles. The molecule has 0 spiro atoms. The van der Waals surface area contributed by atoms with Crippen LogP contribution in [-0.4, -0.2) is 47.3 Å². The highest BCUT2D eigenvalue weighted by atomic mass is 35.5. The Kier molecular flexibility index (Phi) is 7.61. The SMILES string of the molecule is C=CCOc1c(Cl)cc(C=C2SC(=Nc3cccc(C(=O)O)c3)N(C)C2=O)cc1OCC. The third-order valence-corrected chi connectivity index (χ3v) is 5.64. The fraction of sp³-hybridized carbons (Fsp3) is 0.174. The van der Waals surface area contributed by atoms with Gasteiger partial charge in [0, 0.05) is 7.05 Å². The monoisotopic (exact) mass is 472 g/mol. The lowest BCUT2D eigenvalue weighted by atomic mass is 10.1. The number of benzene rings is 2. The molecule has 0 bridgehead atoms. The first-order valence-corrected chi connectivity index (χ1v) is 10.8. The van der Waals surface area contributed by atoms with Crippen LogP contribution in [0.25, 0.3) is 6.08 Å². The molecule has 1 heterocycles. The van der Waals surface area contributed by atoms with Crippen molar-refractivity contribution in [1.82, 2.24) is 4.90 Å². The Hall–Kier alpha value is -3.23. The first-order valence-electron chi connectivity index (χ1n) is 9.63. The third kappa shape index (κ3) is 5.33. The predicted molar refractivity (Wildman–Crippen MR) is 127 cm³/mol. The molecular weight excluding hydrogens is 452 g/mol. The van der Waals surface area contributed by atoms with E-state index < -0.39 is 5.97 Å². The van der Waals surface area contributed by atoms with E-state index in [0.717, 1.165) is 0 Å². The molecule has 0 atom stereocenters. The van der Waals surface area contributed by atoms with E-state index in [0.29, 0.717) is 44.5 Å². The van der Waals surface area contributed by atoms with Crippen molar-refractivity contribution in [2.24, 2.45) is 4.99 Å². The number of amidine groups is 1. The fourth-order valence-corrected chi connectivity index (χ4v) is 4.10. The van der Waals surface area contributed by atoms with Gasteiger partial charge in [-0.1, -0.05) is 30.3 Å². The summed E-state index contributed by atoms with van der Waals surface area (Å²) in [7, 11) is 1.61. The second kappa shape index (κ2) is 10.4. The van der Waals surface area contributed by atoms with Crippen LogP contribution in [0.1, 0.15) is 22.8 Å². The van der Waals surface area contributed by atoms with Gasteiger partial charge < -0.3 is 14.6 Å². The highest BCUT2D eigenvalue weighted by molar-refractivity contribution is 8.18. The van der Waals surface area contributed by atoms with Gasteiger partial charge >= 0.3 is 5.97 Å². The van der Waals surface area contributed by atoms with Crippen LogP contribution < -0.4 is 9.47 Å². The predicted octanol–water partition coefficient (Wildman–Crippen LogP) is 5.24. The van der Waals surface area contributed by atoms with Crippen molar-refractivity contribution in [2.45, 2.75) is 6.92 Å². The quantitative estimate of drug-likeness (QED) is 0.417. The first kappa shape index (κ1) is 23.4. The minimum Gasteiger partial charge on any atom is -0.490 e. The molecule has 2 aromatic carbocycles. The molecule has 2 aromatic rings. The van der Waals surface area contributed by atoms with Crippen molar-refractivity contribution in [3.8, 4) is 11.5 Å². The van der Waals surface area contributed by atoms with E-state index in [-0.39, 0.29) is 18.1 Å². The van der Waals surface area contributed by atoms with Crippen molar-refractivity contribution >= 4 is 52.2 Å². The number of halogens is 1. The summed E-state index contributed by atoms with van der Waals surface area (Å²) in [6, 6.07) is 9.65. The van der Waals surface area contributed by atoms with Crippen molar-refractivity contribution in [1.29, 1.82) is 0 Å². The molecule has 1 amide bonds. The Labute approximate surface area is 195 Å². The summed E-state index contributed by atoms with van der Waals surface area (Å²) in [5.41, 5.74) is 1.23. The number of carboxylic acid groups (broad SMARTS) is 1. The number of nitrogens with zero attached hydrogens (tertiary/aromatic N) is 2. The molecule has 7 nitrogen and oxygen atoms in total. The molecule has 3 rings (SSSR count). The van der Waals surface area contributed by atoms with Crippen molar-refractivity contribution in [3.05, 3.63) is 70.1 Å². The zero-order valence-corrected chi connectivity index (χ0v) is 19.1. The molecule has 166 valence electrons. The van der Waals surface area contributed by atoms with E-state index >= 15 is 0 Å². The number of aliphatic imine (C=N–C) groups is 1. The lowest BCUT2D eigenvalue weighted by Crippen LogP contribution is -2.23. The number of likely N-dealkylation sites (N-methyl/N-ethyl adjacent to an activating group) is 1. The van der Waals surface area contributed by atoms with Gasteiger partial charge in [0.25, 0.3) is 5.91 Å². The summed E-state index contributed by atoms with van der Waals surface area (Å²) in [5.74, 6) is -0.390. The number of carboxylic acids is 1. The summed E-state index contributed by atoms with van der Waals surface area (Å²) < 4.78 is 11.3. The molecule has 1 fully saturated rings. The summed E-state index contributed by atoms with van der Waals surface area (Å²) in [5, 5.41) is 9.95. The highest BCUT2D eigenvalue weighted by Gasteiger charge is 2.30. The third-order valence-electron chi connectivity index (χ3n) is 4.30. The molecule has 1 saturated heterocycles. The van der Waals surface area contributed by atoms with Gasteiger partial charge in [-0.05, 0) is 60.7 Å². The Bertz CT molecular complexity index is 1130. The van der Waals surface area contributed by atoms with Gasteiger partial charge in [0.1, 0.15) is 6.61 Å². The molecule has 0 saturated carbocycles. The van der Waals surface area contributed by atoms with Crippen molar-refractivity contribution in [3.63, 3.8) is 0 Å². The Morgan fingerprint density at radius 1 is 1.31 bits per heavy atom. The van der Waals surface area contributed by atoms with Crippen LogP contribution in [0.5, 0.6) is 11.5 Å². The average molecular weight is 473 g/mol. The molecular formula is C23H21ClN2O5S. The van der Waals surface area contributed by atoms with Crippen LogP contribution in [0, 0.1) is 0 Å². The number of carbonyl (C=O) groups is 2. The summed E-state index contributed by atoms with van der Waals surface area (Å²) in [6.07, 6.45) is 3.31. The number of hydrogen-bond acceptors (Lipinski definition) is 6. The van der Waals surface area contributed by atoms with Crippen LogP contribution in [0.4, 0.5) is 5.69 Å². The van der Waals surface area contributed by atoms with Gasteiger partial charge in [0.05, 0.1) is 27.8 Å². The van der Waals surface area contributed by atoms with Crippen molar-refractivity contribution < 1.29 is 24.2 Å². The Morgan fingerprint density at radius 3 is 2.78 bits per heavy atom. The second-order valence-corrected chi connectivity index (χ2v) is 8.00. The number of hydrogen-bond donors (Lipinski definition) is 1. The van der Waals surface area contributed by atoms with Gasteiger partial charge in [-0.2, -0.15) is 0 Å². The van der Waals surface area contributed by atoms with Crippen LogP contribution in [0.2, 0.25) is 5.02 Å². The van der Waals surface area contributed by atoms with E-state index in [4.69, 9.17) is 26.2 Å². The maximum atomic E-state index is 12.8. The number of ether oxygens (including phenoxy) is 2. The number of rotatable bonds is 8. The zero-order chi connectivity index (χ0) is 23.3. The molecule has 1 aliphatic rings. The molecule has 0 aliphatic carbocycles. The molecule has 0 unspecified atom stereocenters. The second-order valence-electron chi connectivity index (χ2n) is 6.59. The first-order chi connectivity index (χ1) is 15.3. The van der Waals surface area contributed by atoms with Gasteiger partial charge in [0.15, 0.2) is 16.7 Å². The molecule has 9 heteroatoms. The van der Waals surface area contributed by atoms with Gasteiger partial charge in [0.2, 0.25) is 0 Å². The summed E-state index contributed by atoms with van der Waals surface area (Å²) in [6.45, 7) is 6.18. The smallest absolute Gasteiger partial charge is 0.335 e. The van der Waals surface area contributed by atoms with E-state index in [1.165, 1.54) is 28.8 Å². The topological polar surface area (TPSA) is 88.4 Å². The standard InChI is InChI=1S/C23H21ClN2O5S/c1-4-9-31-20-17(24)10-14(11-18(20)30-5-2)12-19-21(27)26(3)23(32-19)25-16-8-6-7-15(13-16)22(28)29/h4,6-8,10-13H,1,5,9H2,2-3H3,(H,28,29). The lowest BCUT2D eigenvalue weighted by Gasteiger charge is -2.13. The number of aromatic carboxylic acids is 1. The normalized spacial score (nSPS) is 16.0. The minimum absolute atomic E-state index is 0.122. The molecule has 32 heavy (non-hydrogen) atoms. The molecule has 0 radical (unpaired) electrons. The number of carbonyl (C=O) groups excluding carboxylic acids is 1. The fourth-order valence-electron chi connectivity index (χ4n) is 2.84. The van der Waals surface area contributed by atoms with Crippen LogP contribution in [0.3, 0.4) is 0 Å². The van der Waals surface area contributed by atoms with Crippen molar-refractivity contribution in [2.75, 3.05) is 20.3 Å². The molecule has 1 N–H and O–H groups in total. The number of thioether (sulfide) groups is 1. The number of amides is 1. The molecule has 0 aromatic heterocycles. The lowest BCUT2D eigenvalue weighted by molar-refractivity contribution is -0.121. The Balaban J connectivity index is 1.92. The van der Waals surface area contributed by atoms with Crippen LogP contribution in [0.15, 0.2) is 59.0 Å². The van der Waals surface area contributed by atoms with Gasteiger partial charge in [-0.25, -0.2) is 9.79 Å². The maximum absolute atomic E-state index is 12.8. The van der Waals surface area contributed by atoms with Gasteiger partial charge in [-0.15, -0.1) is 0 Å². The van der Waals surface area contributed by atoms with E-state index in [1.807, 2.05) is 6.92 Å². The van der Waals surface area contributed by atoms with E-state index in [2.05, 4.69) is 11.6 Å². The highest BCUT2D eigenvalue weighted by Crippen LogP contribution is 2.39. The van der Waals surface area contributed by atoms with E-state index in [1.54, 1.807) is 43.5 Å². The summed E-state index contributed by atoms with van der Waals surface area (Å²) >= 11 is 7.58. The van der Waals surface area contributed by atoms with Gasteiger partial charge in [-0.3, -0.25) is 9.69 Å². The van der Waals surface area contributed by atoms with Crippen LogP contribution >= 0.6 is 23.4 Å². The average Bonchev–Trinajstić information content (AvgIpc) is 3.01. The largest absolute Gasteiger partial charge is 0.490 e. The minimum atomic E-state index is -1.04.